The molecule has 0 aliphatic carbocycles. The molecule has 5 aromatic rings. The second-order valence-corrected chi connectivity index (χ2v) is 7.54. The van der Waals surface area contributed by atoms with Crippen LogP contribution in [0.15, 0.2) is 71.7 Å². The molecule has 8 heteroatoms. The third-order valence-electron chi connectivity index (χ3n) is 4.76. The Morgan fingerprint density at radius 2 is 1.79 bits per heavy atom. The Labute approximate surface area is 167 Å². The molecule has 0 atom stereocenters. The number of fused-ring (bicyclic) bond motifs is 2. The fourth-order valence-electron chi connectivity index (χ4n) is 3.42. The van der Waals surface area contributed by atoms with E-state index in [1.54, 1.807) is 0 Å². The highest BCUT2D eigenvalue weighted by atomic mass is 32.1. The predicted octanol–water partition coefficient (Wildman–Crippen LogP) is 3.67. The molecule has 0 aliphatic heterocycles. The zero-order valence-corrected chi connectivity index (χ0v) is 15.8. The highest BCUT2D eigenvalue weighted by molar-refractivity contribution is 7.20. The summed E-state index contributed by atoms with van der Waals surface area (Å²) >= 11 is 0.987. The molecule has 0 fully saturated rings. The van der Waals surface area contributed by atoms with Crippen molar-refractivity contribution in [3.8, 4) is 11.4 Å². The Morgan fingerprint density at radius 1 is 1.00 bits per heavy atom. The summed E-state index contributed by atoms with van der Waals surface area (Å²) in [5.41, 5.74) is 8.27. The van der Waals surface area contributed by atoms with Gasteiger partial charge in [0.15, 0.2) is 5.82 Å². The van der Waals surface area contributed by atoms with Crippen LogP contribution in [0.2, 0.25) is 0 Å². The van der Waals surface area contributed by atoms with Gasteiger partial charge in [-0.3, -0.25) is 9.36 Å². The SMILES string of the molecule is Nc1nc2sc(C(=O)O)cc2n(-c2ccc3ccn(-c4ccccc4)c3c2)c1=O. The number of thiophene rings is 1. The summed E-state index contributed by atoms with van der Waals surface area (Å²) < 4.78 is 3.45. The van der Waals surface area contributed by atoms with Gasteiger partial charge < -0.3 is 15.4 Å². The zero-order chi connectivity index (χ0) is 20.1. The third-order valence-corrected chi connectivity index (χ3v) is 5.76. The number of nitrogen functional groups attached to an aromatic ring is 1. The number of aromatic carboxylic acids is 1. The summed E-state index contributed by atoms with van der Waals surface area (Å²) in [4.78, 5) is 28.8. The summed E-state index contributed by atoms with van der Waals surface area (Å²) in [7, 11) is 0. The summed E-state index contributed by atoms with van der Waals surface area (Å²) in [6.07, 6.45) is 1.97. The Bertz CT molecular complexity index is 1460. The second-order valence-electron chi connectivity index (χ2n) is 6.51. The van der Waals surface area contributed by atoms with Gasteiger partial charge in [0.1, 0.15) is 9.71 Å². The molecule has 0 spiro atoms. The van der Waals surface area contributed by atoms with Crippen LogP contribution in [0.25, 0.3) is 32.6 Å². The first-order valence-corrected chi connectivity index (χ1v) is 9.57. The van der Waals surface area contributed by atoms with Gasteiger partial charge in [-0.2, -0.15) is 0 Å². The first-order valence-electron chi connectivity index (χ1n) is 8.75. The molecule has 0 radical (unpaired) electrons. The summed E-state index contributed by atoms with van der Waals surface area (Å²) in [5, 5.41) is 10.3. The van der Waals surface area contributed by atoms with Gasteiger partial charge >= 0.3 is 5.97 Å². The molecule has 0 saturated carbocycles. The molecule has 5 rings (SSSR count). The fourth-order valence-corrected chi connectivity index (χ4v) is 4.29. The van der Waals surface area contributed by atoms with Gasteiger partial charge in [-0.15, -0.1) is 11.3 Å². The van der Waals surface area contributed by atoms with E-state index >= 15 is 0 Å². The highest BCUT2D eigenvalue weighted by Gasteiger charge is 2.17. The van der Waals surface area contributed by atoms with E-state index in [0.29, 0.717) is 16.0 Å². The Hall–Kier alpha value is -3.91. The van der Waals surface area contributed by atoms with Crippen LogP contribution in [0, 0.1) is 0 Å². The molecule has 0 amide bonds. The number of para-hydroxylation sites is 1. The van der Waals surface area contributed by atoms with Gasteiger partial charge in [0.25, 0.3) is 5.56 Å². The number of hydrogen-bond donors (Lipinski definition) is 2. The monoisotopic (exact) mass is 402 g/mol. The van der Waals surface area contributed by atoms with Crippen LogP contribution in [0.3, 0.4) is 0 Å². The van der Waals surface area contributed by atoms with Crippen molar-refractivity contribution in [3.05, 3.63) is 82.1 Å². The lowest BCUT2D eigenvalue weighted by Crippen LogP contribution is -2.22. The lowest BCUT2D eigenvalue weighted by atomic mass is 10.2. The smallest absolute Gasteiger partial charge is 0.346 e. The number of hydrogen-bond acceptors (Lipinski definition) is 5. The van der Waals surface area contributed by atoms with E-state index in [-0.39, 0.29) is 10.7 Å². The maximum Gasteiger partial charge on any atom is 0.346 e. The maximum atomic E-state index is 12.8. The van der Waals surface area contributed by atoms with Crippen LogP contribution >= 0.6 is 11.3 Å². The number of carboxylic acids is 1. The van der Waals surface area contributed by atoms with Crippen molar-refractivity contribution in [2.75, 3.05) is 5.73 Å². The third kappa shape index (κ3) is 2.69. The van der Waals surface area contributed by atoms with Crippen LogP contribution in [0.5, 0.6) is 0 Å². The van der Waals surface area contributed by atoms with Crippen LogP contribution in [0.4, 0.5) is 5.82 Å². The summed E-state index contributed by atoms with van der Waals surface area (Å²) in [6.45, 7) is 0. The van der Waals surface area contributed by atoms with Crippen molar-refractivity contribution < 1.29 is 9.90 Å². The predicted molar refractivity (Wildman–Crippen MR) is 113 cm³/mol. The van der Waals surface area contributed by atoms with Crippen molar-refractivity contribution in [1.82, 2.24) is 14.1 Å². The molecule has 2 aromatic carbocycles. The van der Waals surface area contributed by atoms with Crippen molar-refractivity contribution >= 4 is 44.4 Å². The van der Waals surface area contributed by atoms with E-state index in [1.807, 2.05) is 65.4 Å². The molecule has 0 saturated heterocycles. The first kappa shape index (κ1) is 17.2. The number of rotatable bonds is 3. The van der Waals surface area contributed by atoms with Gasteiger partial charge in [0, 0.05) is 17.3 Å². The minimum atomic E-state index is -1.07. The zero-order valence-electron chi connectivity index (χ0n) is 14.9. The van der Waals surface area contributed by atoms with Crippen molar-refractivity contribution in [3.63, 3.8) is 0 Å². The number of nitrogens with zero attached hydrogens (tertiary/aromatic N) is 3. The molecular formula is C21H14N4O3S. The molecule has 3 N–H and O–H groups in total. The van der Waals surface area contributed by atoms with Gasteiger partial charge in [0.05, 0.1) is 16.7 Å². The average molecular weight is 402 g/mol. The standard InChI is InChI=1S/C21H14N4O3S/c22-18-20(26)25(16-11-17(21(27)28)29-19(16)23-18)14-7-6-12-8-9-24(15(12)10-14)13-4-2-1-3-5-13/h1-11H,(H2,22,23)(H,27,28). The average Bonchev–Trinajstić information content (AvgIpc) is 3.33. The van der Waals surface area contributed by atoms with Crippen LogP contribution in [-0.4, -0.2) is 25.2 Å². The molecule has 0 bridgehead atoms. The fraction of sp³-hybridized carbons (Fsp3) is 0. The molecule has 0 unspecified atom stereocenters. The number of carboxylic acid groups (broad SMARTS) is 1. The van der Waals surface area contributed by atoms with Crippen LogP contribution in [0.1, 0.15) is 9.67 Å². The summed E-state index contributed by atoms with van der Waals surface area (Å²) in [5.74, 6) is -1.24. The molecule has 29 heavy (non-hydrogen) atoms. The van der Waals surface area contributed by atoms with Gasteiger partial charge in [-0.05, 0) is 36.4 Å². The summed E-state index contributed by atoms with van der Waals surface area (Å²) in [6, 6.07) is 18.9. The van der Waals surface area contributed by atoms with Crippen LogP contribution in [-0.2, 0) is 0 Å². The highest BCUT2D eigenvalue weighted by Crippen LogP contribution is 2.28. The number of aromatic nitrogens is 3. The lowest BCUT2D eigenvalue weighted by molar-refractivity contribution is 0.0702. The lowest BCUT2D eigenvalue weighted by Gasteiger charge is -2.10. The Balaban J connectivity index is 1.80. The molecule has 0 aliphatic rings. The van der Waals surface area contributed by atoms with Crippen molar-refractivity contribution in [2.45, 2.75) is 0 Å². The largest absolute Gasteiger partial charge is 0.477 e. The van der Waals surface area contributed by atoms with E-state index in [0.717, 1.165) is 27.9 Å². The maximum absolute atomic E-state index is 12.8. The topological polar surface area (TPSA) is 103 Å². The second kappa shape index (κ2) is 6.32. The first-order chi connectivity index (χ1) is 14.0. The van der Waals surface area contributed by atoms with Crippen molar-refractivity contribution in [1.29, 1.82) is 0 Å². The van der Waals surface area contributed by atoms with Gasteiger partial charge in [-0.1, -0.05) is 24.3 Å². The van der Waals surface area contributed by atoms with E-state index in [1.165, 1.54) is 10.6 Å². The molecule has 142 valence electrons. The Kier molecular flexibility index (Phi) is 3.75. The van der Waals surface area contributed by atoms with Gasteiger partial charge in [0.2, 0.25) is 0 Å². The quantitative estimate of drug-likeness (QED) is 0.479. The van der Waals surface area contributed by atoms with E-state index in [2.05, 4.69) is 4.98 Å². The number of carbonyl (C=O) groups is 1. The molecule has 7 nitrogen and oxygen atoms in total. The minimum absolute atomic E-state index is 0.0972. The molecular weight excluding hydrogens is 388 g/mol. The van der Waals surface area contributed by atoms with E-state index < -0.39 is 11.5 Å². The van der Waals surface area contributed by atoms with E-state index in [9.17, 15) is 14.7 Å². The van der Waals surface area contributed by atoms with Crippen LogP contribution < -0.4 is 11.3 Å². The number of anilines is 1. The van der Waals surface area contributed by atoms with Crippen molar-refractivity contribution in [2.24, 2.45) is 0 Å². The van der Waals surface area contributed by atoms with E-state index in [4.69, 9.17) is 5.73 Å². The van der Waals surface area contributed by atoms with Gasteiger partial charge in [-0.25, -0.2) is 9.78 Å². The number of benzene rings is 2. The minimum Gasteiger partial charge on any atom is -0.477 e. The molecule has 3 aromatic heterocycles. The number of nitrogens with two attached hydrogens (primary N) is 1. The normalized spacial score (nSPS) is 11.3. The molecule has 3 heterocycles. The Morgan fingerprint density at radius 3 is 2.55 bits per heavy atom.